The minimum absolute atomic E-state index is 0.265. The van der Waals surface area contributed by atoms with Crippen LogP contribution in [0.15, 0.2) is 42.5 Å². The standard InChI is InChI=1S/C14H12ClFN2S/c1-9-2-5-12(8-13(9)16)18-14(19)17-11-6-3-10(15)4-7-11/h2-8H,1H3,(H2,17,18,19). The van der Waals surface area contributed by atoms with Gasteiger partial charge >= 0.3 is 0 Å². The molecule has 0 bridgehead atoms. The Hall–Kier alpha value is -1.65. The molecule has 0 atom stereocenters. The second kappa shape index (κ2) is 5.99. The van der Waals surface area contributed by atoms with Crippen molar-refractivity contribution in [3.05, 3.63) is 58.9 Å². The second-order valence-electron chi connectivity index (χ2n) is 4.05. The number of anilines is 2. The molecule has 0 heterocycles. The lowest BCUT2D eigenvalue weighted by molar-refractivity contribution is 0.619. The zero-order chi connectivity index (χ0) is 13.8. The first-order valence-electron chi connectivity index (χ1n) is 5.64. The fourth-order valence-electron chi connectivity index (χ4n) is 1.50. The predicted molar refractivity (Wildman–Crippen MR) is 82.4 cm³/mol. The predicted octanol–water partition coefficient (Wildman–Crippen LogP) is 4.60. The van der Waals surface area contributed by atoms with Crippen LogP contribution in [-0.4, -0.2) is 5.11 Å². The van der Waals surface area contributed by atoms with Crippen molar-refractivity contribution in [2.75, 3.05) is 10.6 Å². The van der Waals surface area contributed by atoms with Gasteiger partial charge in [-0.05, 0) is 61.1 Å². The van der Waals surface area contributed by atoms with Gasteiger partial charge in [-0.2, -0.15) is 0 Å². The molecule has 0 aromatic heterocycles. The average molecular weight is 295 g/mol. The van der Waals surface area contributed by atoms with Crippen LogP contribution in [-0.2, 0) is 0 Å². The van der Waals surface area contributed by atoms with E-state index in [0.717, 1.165) is 5.69 Å². The molecule has 2 aromatic carbocycles. The highest BCUT2D eigenvalue weighted by Crippen LogP contribution is 2.16. The Labute approximate surface area is 121 Å². The van der Waals surface area contributed by atoms with E-state index in [0.29, 0.717) is 21.4 Å². The first-order chi connectivity index (χ1) is 9.04. The topological polar surface area (TPSA) is 24.1 Å². The highest BCUT2D eigenvalue weighted by Gasteiger charge is 2.02. The molecule has 0 aliphatic heterocycles. The maximum Gasteiger partial charge on any atom is 0.175 e. The molecule has 0 fully saturated rings. The number of benzene rings is 2. The van der Waals surface area contributed by atoms with Gasteiger partial charge in [0.2, 0.25) is 0 Å². The Morgan fingerprint density at radius 2 is 1.63 bits per heavy atom. The Morgan fingerprint density at radius 1 is 1.05 bits per heavy atom. The van der Waals surface area contributed by atoms with Crippen molar-refractivity contribution in [2.24, 2.45) is 0 Å². The summed E-state index contributed by atoms with van der Waals surface area (Å²) in [6, 6.07) is 12.0. The number of thiocarbonyl (C=S) groups is 1. The summed E-state index contributed by atoms with van der Waals surface area (Å²) >= 11 is 10.9. The van der Waals surface area contributed by atoms with Crippen LogP contribution in [0.4, 0.5) is 15.8 Å². The van der Waals surface area contributed by atoms with Gasteiger partial charge in [-0.15, -0.1) is 0 Å². The van der Waals surface area contributed by atoms with Gasteiger partial charge in [0.05, 0.1) is 0 Å². The number of nitrogens with one attached hydrogen (secondary N) is 2. The number of halogens is 2. The maximum atomic E-state index is 13.4. The Kier molecular flexibility index (Phi) is 4.35. The minimum Gasteiger partial charge on any atom is -0.332 e. The second-order valence-corrected chi connectivity index (χ2v) is 4.89. The number of rotatable bonds is 2. The average Bonchev–Trinajstić information content (AvgIpc) is 2.37. The molecule has 0 saturated carbocycles. The highest BCUT2D eigenvalue weighted by atomic mass is 35.5. The molecule has 0 aliphatic carbocycles. The first-order valence-corrected chi connectivity index (χ1v) is 6.43. The molecule has 0 saturated heterocycles. The van der Waals surface area contributed by atoms with Crippen molar-refractivity contribution in [1.82, 2.24) is 0 Å². The van der Waals surface area contributed by atoms with Gasteiger partial charge in [0.25, 0.3) is 0 Å². The molecule has 5 heteroatoms. The number of hydrogen-bond donors (Lipinski definition) is 2. The third-order valence-electron chi connectivity index (χ3n) is 2.53. The van der Waals surface area contributed by atoms with Crippen LogP contribution in [0.5, 0.6) is 0 Å². The molecule has 0 spiro atoms. The molecular weight excluding hydrogens is 283 g/mol. The van der Waals surface area contributed by atoms with Crippen LogP contribution in [0.3, 0.4) is 0 Å². The van der Waals surface area contributed by atoms with E-state index in [1.54, 1.807) is 31.2 Å². The van der Waals surface area contributed by atoms with Crippen molar-refractivity contribution in [2.45, 2.75) is 6.92 Å². The molecule has 98 valence electrons. The summed E-state index contributed by atoms with van der Waals surface area (Å²) in [4.78, 5) is 0. The van der Waals surface area contributed by atoms with Crippen LogP contribution in [0.2, 0.25) is 5.02 Å². The molecule has 19 heavy (non-hydrogen) atoms. The SMILES string of the molecule is Cc1ccc(NC(=S)Nc2ccc(Cl)cc2)cc1F. The van der Waals surface area contributed by atoms with E-state index in [9.17, 15) is 4.39 Å². The summed E-state index contributed by atoms with van der Waals surface area (Å²) in [5, 5.41) is 6.96. The lowest BCUT2D eigenvalue weighted by Gasteiger charge is -2.11. The molecule has 0 unspecified atom stereocenters. The largest absolute Gasteiger partial charge is 0.332 e. The zero-order valence-electron chi connectivity index (χ0n) is 10.2. The van der Waals surface area contributed by atoms with Crippen molar-refractivity contribution < 1.29 is 4.39 Å². The minimum atomic E-state index is -0.265. The van der Waals surface area contributed by atoms with Crippen molar-refractivity contribution in [1.29, 1.82) is 0 Å². The summed E-state index contributed by atoms with van der Waals surface area (Å²) < 4.78 is 13.4. The molecule has 0 radical (unpaired) electrons. The van der Waals surface area contributed by atoms with E-state index in [1.165, 1.54) is 6.07 Å². The van der Waals surface area contributed by atoms with Crippen LogP contribution in [0.25, 0.3) is 0 Å². The molecule has 2 N–H and O–H groups in total. The lowest BCUT2D eigenvalue weighted by atomic mass is 10.2. The van der Waals surface area contributed by atoms with Gasteiger partial charge in [0.1, 0.15) is 5.82 Å². The van der Waals surface area contributed by atoms with E-state index < -0.39 is 0 Å². The Bertz CT molecular complexity index is 599. The van der Waals surface area contributed by atoms with E-state index in [1.807, 2.05) is 12.1 Å². The monoisotopic (exact) mass is 294 g/mol. The zero-order valence-corrected chi connectivity index (χ0v) is 11.8. The first kappa shape index (κ1) is 13.8. The van der Waals surface area contributed by atoms with Gasteiger partial charge in [-0.1, -0.05) is 17.7 Å². The fourth-order valence-corrected chi connectivity index (χ4v) is 1.86. The summed E-state index contributed by atoms with van der Waals surface area (Å²) in [5.74, 6) is -0.265. The third kappa shape index (κ3) is 3.91. The maximum absolute atomic E-state index is 13.4. The number of hydrogen-bond acceptors (Lipinski definition) is 1. The molecule has 2 nitrogen and oxygen atoms in total. The molecule has 0 amide bonds. The van der Waals surface area contributed by atoms with Crippen LogP contribution in [0, 0.1) is 12.7 Å². The van der Waals surface area contributed by atoms with Gasteiger partial charge in [0.15, 0.2) is 5.11 Å². The van der Waals surface area contributed by atoms with Crippen LogP contribution in [0.1, 0.15) is 5.56 Å². The van der Waals surface area contributed by atoms with Crippen molar-refractivity contribution >= 4 is 40.3 Å². The Balaban J connectivity index is 2.01. The van der Waals surface area contributed by atoms with Gasteiger partial charge < -0.3 is 10.6 Å². The van der Waals surface area contributed by atoms with Crippen molar-refractivity contribution in [3.63, 3.8) is 0 Å². The molecule has 2 rings (SSSR count). The van der Waals surface area contributed by atoms with Crippen molar-refractivity contribution in [3.8, 4) is 0 Å². The summed E-state index contributed by atoms with van der Waals surface area (Å²) in [6.45, 7) is 1.71. The van der Waals surface area contributed by atoms with Gasteiger partial charge in [-0.3, -0.25) is 0 Å². The Morgan fingerprint density at radius 3 is 2.26 bits per heavy atom. The van der Waals surface area contributed by atoms with Gasteiger partial charge in [-0.25, -0.2) is 4.39 Å². The quantitative estimate of drug-likeness (QED) is 0.792. The van der Waals surface area contributed by atoms with E-state index in [4.69, 9.17) is 23.8 Å². The summed E-state index contributed by atoms with van der Waals surface area (Å²) in [7, 11) is 0. The van der Waals surface area contributed by atoms with E-state index >= 15 is 0 Å². The smallest absolute Gasteiger partial charge is 0.175 e. The van der Waals surface area contributed by atoms with Gasteiger partial charge in [0, 0.05) is 16.4 Å². The van der Waals surface area contributed by atoms with E-state index in [-0.39, 0.29) is 5.82 Å². The normalized spacial score (nSPS) is 10.1. The molecule has 0 aliphatic rings. The molecular formula is C14H12ClFN2S. The molecule has 2 aromatic rings. The lowest BCUT2D eigenvalue weighted by Crippen LogP contribution is -2.19. The fraction of sp³-hybridized carbons (Fsp3) is 0.0714. The highest BCUT2D eigenvalue weighted by molar-refractivity contribution is 7.80. The third-order valence-corrected chi connectivity index (χ3v) is 2.99. The van der Waals surface area contributed by atoms with Crippen LogP contribution >= 0.6 is 23.8 Å². The van der Waals surface area contributed by atoms with E-state index in [2.05, 4.69) is 10.6 Å². The van der Waals surface area contributed by atoms with Crippen LogP contribution < -0.4 is 10.6 Å². The summed E-state index contributed by atoms with van der Waals surface area (Å²) in [6.07, 6.45) is 0. The number of aryl methyl sites for hydroxylation is 1. The summed E-state index contributed by atoms with van der Waals surface area (Å²) in [5.41, 5.74) is 2.02.